The lowest BCUT2D eigenvalue weighted by molar-refractivity contribution is -0.144. The van der Waals surface area contributed by atoms with Gasteiger partial charge in [-0.25, -0.2) is 4.79 Å². The third-order valence-electron chi connectivity index (χ3n) is 4.12. The summed E-state index contributed by atoms with van der Waals surface area (Å²) in [4.78, 5) is 31.6. The van der Waals surface area contributed by atoms with Crippen LogP contribution in [-0.4, -0.2) is 51.1 Å². The maximum atomic E-state index is 12.5. The van der Waals surface area contributed by atoms with Crippen LogP contribution in [0.3, 0.4) is 0 Å². The van der Waals surface area contributed by atoms with Gasteiger partial charge in [-0.3, -0.25) is 9.69 Å². The van der Waals surface area contributed by atoms with Crippen LogP contribution in [0.15, 0.2) is 40.7 Å². The lowest BCUT2D eigenvalue weighted by Gasteiger charge is -2.44. The number of halogens is 3. The first-order valence-electron chi connectivity index (χ1n) is 8.43. The zero-order valence-corrected chi connectivity index (χ0v) is 18.6. The third-order valence-corrected chi connectivity index (χ3v) is 5.80. The van der Waals surface area contributed by atoms with Crippen molar-refractivity contribution >= 4 is 64.2 Å². The second kappa shape index (κ2) is 9.04. The molecule has 1 aromatic carbocycles. The summed E-state index contributed by atoms with van der Waals surface area (Å²) >= 11 is 18.3. The highest BCUT2D eigenvalue weighted by Crippen LogP contribution is 2.39. The first kappa shape index (κ1) is 22.1. The summed E-state index contributed by atoms with van der Waals surface area (Å²) in [5.74, 6) is 0.132. The first-order chi connectivity index (χ1) is 13.7. The highest BCUT2D eigenvalue weighted by Gasteiger charge is 2.51. The van der Waals surface area contributed by atoms with Gasteiger partial charge in [0.15, 0.2) is 5.71 Å². The quantitative estimate of drug-likeness (QED) is 0.268. The average molecular weight is 480 g/mol. The summed E-state index contributed by atoms with van der Waals surface area (Å²) in [6.45, 7) is 1.53. The molecule has 0 aromatic heterocycles. The van der Waals surface area contributed by atoms with Gasteiger partial charge in [-0.2, -0.15) is 0 Å². The number of alkyl halides is 3. The Morgan fingerprint density at radius 1 is 1.31 bits per heavy atom. The second-order valence-corrected chi connectivity index (χ2v) is 9.84. The first-order valence-corrected chi connectivity index (χ1v) is 10.6. The summed E-state index contributed by atoms with van der Waals surface area (Å²) in [6.07, 6.45) is 0. The molecule has 1 fully saturated rings. The van der Waals surface area contributed by atoms with E-state index < -0.39 is 27.6 Å². The fraction of sp³-hybridized carbons (Fsp3) is 0.389. The largest absolute Gasteiger partial charge is 0.497 e. The van der Waals surface area contributed by atoms with E-state index in [-0.39, 0.29) is 18.0 Å². The van der Waals surface area contributed by atoms with Crippen LogP contribution in [0.1, 0.15) is 12.5 Å². The second-order valence-electron chi connectivity index (χ2n) is 6.26. The summed E-state index contributed by atoms with van der Waals surface area (Å²) in [7, 11) is 1.59. The van der Waals surface area contributed by atoms with Crippen LogP contribution in [0.2, 0.25) is 0 Å². The number of methoxy groups -OCH3 is 1. The molecule has 0 bridgehead atoms. The lowest BCUT2D eigenvalue weighted by atomic mass is 10.1. The molecule has 2 aliphatic rings. The number of rotatable bonds is 6. The van der Waals surface area contributed by atoms with E-state index in [1.807, 2.05) is 24.3 Å². The number of oxime groups is 1. The average Bonchev–Trinajstić information content (AvgIpc) is 2.69. The number of fused-ring (bicyclic) bond motifs is 1. The number of carbonyl (C=O) groups excluding carboxylic acids is 2. The normalized spacial score (nSPS) is 20.3. The number of ether oxygens (including phenoxy) is 2. The molecule has 29 heavy (non-hydrogen) atoms. The number of amides is 1. The van der Waals surface area contributed by atoms with E-state index in [4.69, 9.17) is 49.1 Å². The van der Waals surface area contributed by atoms with Gasteiger partial charge >= 0.3 is 5.97 Å². The van der Waals surface area contributed by atoms with Crippen LogP contribution >= 0.6 is 46.6 Å². The minimum atomic E-state index is -1.73. The van der Waals surface area contributed by atoms with Gasteiger partial charge in [-0.05, 0) is 30.2 Å². The number of β-lactam (4-membered cyclic amide) rings is 1. The monoisotopic (exact) mass is 478 g/mol. The van der Waals surface area contributed by atoms with Crippen molar-refractivity contribution in [2.24, 2.45) is 5.16 Å². The molecular weight excluding hydrogens is 463 g/mol. The minimum absolute atomic E-state index is 0.155. The van der Waals surface area contributed by atoms with Crippen molar-refractivity contribution in [1.29, 1.82) is 0 Å². The fourth-order valence-corrected chi connectivity index (χ4v) is 4.07. The highest BCUT2D eigenvalue weighted by molar-refractivity contribution is 8.01. The molecule has 1 amide bonds. The van der Waals surface area contributed by atoms with E-state index in [0.29, 0.717) is 11.3 Å². The number of carbonyl (C=O) groups is 2. The Morgan fingerprint density at radius 2 is 2.00 bits per heavy atom. The minimum Gasteiger partial charge on any atom is -0.497 e. The van der Waals surface area contributed by atoms with Gasteiger partial charge in [-0.1, -0.05) is 52.1 Å². The Bertz CT molecular complexity index is 867. The number of benzene rings is 1. The molecule has 0 saturated carbocycles. The Labute approximate surface area is 186 Å². The van der Waals surface area contributed by atoms with Gasteiger partial charge in [0.1, 0.15) is 30.0 Å². The number of esters is 1. The summed E-state index contributed by atoms with van der Waals surface area (Å²) in [5.41, 5.74) is 1.97. The standard InChI is InChI=1S/C18H17Cl3N2O5S/c1-10-8-29-16-13(22-28-7-11-3-5-12(26-2)6-4-11)15(24)23(16)14(10)17(25)27-9-18(19,20)21/h3-6,16H,7-9H2,1-2H3/t16-/m0/s1. The fourth-order valence-electron chi connectivity index (χ4n) is 2.71. The van der Waals surface area contributed by atoms with Crippen molar-refractivity contribution in [3.05, 3.63) is 41.1 Å². The van der Waals surface area contributed by atoms with Crippen LogP contribution in [0.25, 0.3) is 0 Å². The summed E-state index contributed by atoms with van der Waals surface area (Å²) < 4.78 is 8.41. The molecule has 0 aliphatic carbocycles. The Kier molecular flexibility index (Phi) is 6.88. The van der Waals surface area contributed by atoms with Gasteiger partial charge < -0.3 is 14.3 Å². The summed E-state index contributed by atoms with van der Waals surface area (Å²) in [6, 6.07) is 7.30. The van der Waals surface area contributed by atoms with Crippen molar-refractivity contribution in [2.75, 3.05) is 19.5 Å². The van der Waals surface area contributed by atoms with Gasteiger partial charge in [-0.15, -0.1) is 11.8 Å². The van der Waals surface area contributed by atoms with E-state index in [1.54, 1.807) is 14.0 Å². The lowest BCUT2D eigenvalue weighted by Crippen LogP contribution is -2.62. The molecule has 156 valence electrons. The van der Waals surface area contributed by atoms with Crippen LogP contribution in [0, 0.1) is 0 Å². The molecule has 0 spiro atoms. The molecule has 0 unspecified atom stereocenters. The molecule has 1 aromatic rings. The molecule has 2 aliphatic heterocycles. The zero-order valence-electron chi connectivity index (χ0n) is 15.5. The summed E-state index contributed by atoms with van der Waals surface area (Å²) in [5, 5.41) is 3.55. The molecule has 7 nitrogen and oxygen atoms in total. The van der Waals surface area contributed by atoms with Gasteiger partial charge in [0, 0.05) is 5.75 Å². The van der Waals surface area contributed by atoms with Crippen LogP contribution in [-0.2, 0) is 25.8 Å². The van der Waals surface area contributed by atoms with E-state index >= 15 is 0 Å². The van der Waals surface area contributed by atoms with Crippen molar-refractivity contribution in [2.45, 2.75) is 22.7 Å². The van der Waals surface area contributed by atoms with E-state index in [1.165, 1.54) is 16.7 Å². The van der Waals surface area contributed by atoms with Crippen LogP contribution in [0.4, 0.5) is 0 Å². The van der Waals surface area contributed by atoms with Crippen molar-refractivity contribution < 1.29 is 23.9 Å². The molecule has 1 saturated heterocycles. The maximum Gasteiger partial charge on any atom is 0.355 e. The van der Waals surface area contributed by atoms with Crippen LogP contribution in [0.5, 0.6) is 5.75 Å². The van der Waals surface area contributed by atoms with E-state index in [9.17, 15) is 9.59 Å². The van der Waals surface area contributed by atoms with Crippen molar-refractivity contribution in [1.82, 2.24) is 4.90 Å². The van der Waals surface area contributed by atoms with Crippen LogP contribution < -0.4 is 4.74 Å². The molecule has 3 rings (SSSR count). The SMILES string of the molecule is COc1ccc(CON=C2C(=O)N3C(C(=O)OCC(Cl)(Cl)Cl)=C(C)CS[C@@H]23)cc1. The molecule has 2 heterocycles. The maximum absolute atomic E-state index is 12.5. The third kappa shape index (κ3) is 5.12. The Morgan fingerprint density at radius 3 is 2.62 bits per heavy atom. The number of hydrogen-bond donors (Lipinski definition) is 0. The zero-order chi connectivity index (χ0) is 21.2. The molecular formula is C18H17Cl3N2O5S. The molecule has 0 radical (unpaired) electrons. The predicted molar refractivity (Wildman–Crippen MR) is 112 cm³/mol. The number of nitrogens with zero attached hydrogens (tertiary/aromatic N) is 2. The van der Waals surface area contributed by atoms with E-state index in [2.05, 4.69) is 5.16 Å². The van der Waals surface area contributed by atoms with Gasteiger partial charge in [0.2, 0.25) is 3.79 Å². The smallest absolute Gasteiger partial charge is 0.355 e. The Hall–Kier alpha value is -1.61. The molecule has 1 atom stereocenters. The van der Waals surface area contributed by atoms with Gasteiger partial charge in [0.05, 0.1) is 7.11 Å². The Balaban J connectivity index is 1.64. The van der Waals surface area contributed by atoms with Crippen molar-refractivity contribution in [3.63, 3.8) is 0 Å². The van der Waals surface area contributed by atoms with Crippen molar-refractivity contribution in [3.8, 4) is 5.75 Å². The molecule has 11 heteroatoms. The predicted octanol–water partition coefficient (Wildman–Crippen LogP) is 3.67. The topological polar surface area (TPSA) is 77.4 Å². The highest BCUT2D eigenvalue weighted by atomic mass is 35.6. The number of hydrogen-bond acceptors (Lipinski definition) is 7. The van der Waals surface area contributed by atoms with E-state index in [0.717, 1.165) is 11.3 Å². The molecule has 0 N–H and O–H groups in total. The van der Waals surface area contributed by atoms with Gasteiger partial charge in [0.25, 0.3) is 5.91 Å². The number of thioether (sulfide) groups is 1.